The average molecular weight is 466 g/mol. The summed E-state index contributed by atoms with van der Waals surface area (Å²) in [5, 5.41) is 21.2. The van der Waals surface area contributed by atoms with Crippen LogP contribution in [-0.2, 0) is 9.53 Å². The van der Waals surface area contributed by atoms with Gasteiger partial charge in [0.05, 0.1) is 29.8 Å². The molecule has 3 heterocycles. The molecule has 0 spiro atoms. The Kier molecular flexibility index (Phi) is 6.76. The summed E-state index contributed by atoms with van der Waals surface area (Å²) in [5.74, 6) is 0.179. The Morgan fingerprint density at radius 1 is 1.15 bits per heavy atom. The van der Waals surface area contributed by atoms with Crippen molar-refractivity contribution in [3.05, 3.63) is 53.1 Å². The minimum atomic E-state index is -0.569. The van der Waals surface area contributed by atoms with Crippen LogP contribution in [0.5, 0.6) is 17.4 Å². The second-order valence-electron chi connectivity index (χ2n) is 7.51. The Labute approximate surface area is 194 Å². The van der Waals surface area contributed by atoms with Crippen molar-refractivity contribution < 1.29 is 24.3 Å². The number of aromatic nitrogens is 4. The lowest BCUT2D eigenvalue weighted by Crippen LogP contribution is -2.37. The first-order valence-corrected chi connectivity index (χ1v) is 10.7. The molecule has 1 saturated heterocycles. The summed E-state index contributed by atoms with van der Waals surface area (Å²) in [5.41, 5.74) is 0.331. The molecular weight excluding hydrogens is 444 g/mol. The first-order chi connectivity index (χ1) is 16.5. The molecule has 12 nitrogen and oxygen atoms in total. The van der Waals surface area contributed by atoms with Crippen LogP contribution < -0.4 is 9.64 Å². The van der Waals surface area contributed by atoms with E-state index in [1.165, 1.54) is 18.7 Å². The Morgan fingerprint density at radius 2 is 1.82 bits per heavy atom. The molecule has 1 fully saturated rings. The third-order valence-electron chi connectivity index (χ3n) is 5.33. The number of ether oxygens (including phenoxy) is 2. The molecule has 1 aromatic carbocycles. The number of anilines is 1. The standard InChI is InChI=1S/C22H22N6O6/c1-2-33-22(30)15-7-9-27(10-8-15)20-18(28(31)32)21(26-13-25-20)34-17-5-3-14(4-6-17)19-23-11-16(29)12-24-19/h3-6,11-13,15,29H,2,7-10H2,1H3. The molecule has 0 aliphatic carbocycles. The Balaban J connectivity index is 1.52. The normalized spacial score (nSPS) is 14.0. The molecule has 2 aromatic heterocycles. The molecule has 12 heteroatoms. The lowest BCUT2D eigenvalue weighted by atomic mass is 9.97. The predicted octanol–water partition coefficient (Wildman–Crippen LogP) is 3.12. The molecule has 1 aliphatic rings. The highest BCUT2D eigenvalue weighted by Gasteiger charge is 2.33. The van der Waals surface area contributed by atoms with E-state index in [4.69, 9.17) is 9.47 Å². The van der Waals surface area contributed by atoms with Gasteiger partial charge in [-0.25, -0.2) is 15.0 Å². The molecule has 4 rings (SSSR count). The van der Waals surface area contributed by atoms with Crippen molar-refractivity contribution in [2.45, 2.75) is 19.8 Å². The van der Waals surface area contributed by atoms with E-state index in [9.17, 15) is 20.0 Å². The van der Waals surface area contributed by atoms with Crippen molar-refractivity contribution in [3.63, 3.8) is 0 Å². The second kappa shape index (κ2) is 10.1. The van der Waals surface area contributed by atoms with Gasteiger partial charge in [-0.3, -0.25) is 14.9 Å². The predicted molar refractivity (Wildman–Crippen MR) is 119 cm³/mol. The first kappa shape index (κ1) is 22.8. The molecule has 0 saturated carbocycles. The Bertz CT molecular complexity index is 1160. The van der Waals surface area contributed by atoms with Gasteiger partial charge >= 0.3 is 17.5 Å². The van der Waals surface area contributed by atoms with Crippen LogP contribution in [0, 0.1) is 16.0 Å². The quantitative estimate of drug-likeness (QED) is 0.310. The first-order valence-electron chi connectivity index (χ1n) is 10.7. The SMILES string of the molecule is CCOC(=O)C1CCN(c2ncnc(Oc3ccc(-c4ncc(O)cn4)cc3)c2[N+](=O)[O-])CC1. The summed E-state index contributed by atoms with van der Waals surface area (Å²) in [7, 11) is 0. The highest BCUT2D eigenvalue weighted by molar-refractivity contribution is 5.73. The lowest BCUT2D eigenvalue weighted by molar-refractivity contribution is -0.385. The van der Waals surface area contributed by atoms with Crippen LogP contribution in [0.2, 0.25) is 0 Å². The molecule has 0 amide bonds. The van der Waals surface area contributed by atoms with E-state index >= 15 is 0 Å². The number of esters is 1. The minimum absolute atomic E-state index is 0.0410. The van der Waals surface area contributed by atoms with Crippen LogP contribution in [0.1, 0.15) is 19.8 Å². The van der Waals surface area contributed by atoms with E-state index < -0.39 is 4.92 Å². The monoisotopic (exact) mass is 466 g/mol. The summed E-state index contributed by atoms with van der Waals surface area (Å²) in [6.45, 7) is 2.91. The number of carbonyl (C=O) groups excluding carboxylic acids is 1. The Morgan fingerprint density at radius 3 is 2.44 bits per heavy atom. The van der Waals surface area contributed by atoms with Crippen molar-refractivity contribution in [1.82, 2.24) is 19.9 Å². The number of hydrogen-bond acceptors (Lipinski definition) is 11. The highest BCUT2D eigenvalue weighted by atomic mass is 16.6. The zero-order chi connectivity index (χ0) is 24.1. The van der Waals surface area contributed by atoms with E-state index in [1.54, 1.807) is 36.1 Å². The zero-order valence-electron chi connectivity index (χ0n) is 18.3. The van der Waals surface area contributed by atoms with Crippen LogP contribution in [0.15, 0.2) is 43.0 Å². The van der Waals surface area contributed by atoms with Gasteiger partial charge in [-0.05, 0) is 44.0 Å². The fourth-order valence-electron chi connectivity index (χ4n) is 3.66. The fourth-order valence-corrected chi connectivity index (χ4v) is 3.66. The Hall–Kier alpha value is -4.35. The number of benzene rings is 1. The number of piperidine rings is 1. The summed E-state index contributed by atoms with van der Waals surface area (Å²) in [6, 6.07) is 6.61. The molecule has 1 N–H and O–H groups in total. The lowest BCUT2D eigenvalue weighted by Gasteiger charge is -2.31. The van der Waals surface area contributed by atoms with E-state index in [2.05, 4.69) is 19.9 Å². The second-order valence-corrected chi connectivity index (χ2v) is 7.51. The summed E-state index contributed by atoms with van der Waals surface area (Å²) < 4.78 is 10.8. The molecule has 0 bridgehead atoms. The van der Waals surface area contributed by atoms with Gasteiger partial charge in [0.1, 0.15) is 12.1 Å². The van der Waals surface area contributed by atoms with Crippen molar-refractivity contribution >= 4 is 17.5 Å². The van der Waals surface area contributed by atoms with Crippen LogP contribution in [-0.4, -0.2) is 55.6 Å². The highest BCUT2D eigenvalue weighted by Crippen LogP contribution is 2.37. The van der Waals surface area contributed by atoms with Crippen molar-refractivity contribution in [1.29, 1.82) is 0 Å². The van der Waals surface area contributed by atoms with E-state index in [0.717, 1.165) is 0 Å². The number of nitro groups is 1. The van der Waals surface area contributed by atoms with Gasteiger partial charge in [-0.15, -0.1) is 0 Å². The third-order valence-corrected chi connectivity index (χ3v) is 5.33. The van der Waals surface area contributed by atoms with E-state index in [-0.39, 0.29) is 35.0 Å². The zero-order valence-corrected chi connectivity index (χ0v) is 18.3. The van der Waals surface area contributed by atoms with Gasteiger partial charge in [0.15, 0.2) is 11.6 Å². The topological polar surface area (TPSA) is 154 Å². The van der Waals surface area contributed by atoms with Gasteiger partial charge in [0, 0.05) is 18.7 Å². The molecule has 176 valence electrons. The van der Waals surface area contributed by atoms with Gasteiger partial charge in [0.25, 0.3) is 0 Å². The number of nitrogens with zero attached hydrogens (tertiary/aromatic N) is 6. The third kappa shape index (κ3) is 5.00. The number of carbonyl (C=O) groups is 1. The van der Waals surface area contributed by atoms with Gasteiger partial charge < -0.3 is 19.5 Å². The van der Waals surface area contributed by atoms with Gasteiger partial charge in [-0.2, -0.15) is 4.98 Å². The largest absolute Gasteiger partial charge is 0.505 e. The summed E-state index contributed by atoms with van der Waals surface area (Å²) in [6.07, 6.45) is 4.81. The maximum Gasteiger partial charge on any atom is 0.373 e. The van der Waals surface area contributed by atoms with E-state index in [0.29, 0.717) is 49.7 Å². The van der Waals surface area contributed by atoms with Gasteiger partial charge in [-0.1, -0.05) is 0 Å². The molecule has 34 heavy (non-hydrogen) atoms. The van der Waals surface area contributed by atoms with Crippen LogP contribution in [0.4, 0.5) is 11.5 Å². The smallest absolute Gasteiger partial charge is 0.373 e. The number of rotatable bonds is 7. The van der Waals surface area contributed by atoms with Crippen LogP contribution >= 0.6 is 0 Å². The molecular formula is C22H22N6O6. The molecule has 1 aliphatic heterocycles. The minimum Gasteiger partial charge on any atom is -0.505 e. The molecule has 0 radical (unpaired) electrons. The summed E-state index contributed by atoms with van der Waals surface area (Å²) >= 11 is 0. The van der Waals surface area contributed by atoms with Crippen molar-refractivity contribution in [3.8, 4) is 28.8 Å². The van der Waals surface area contributed by atoms with Crippen LogP contribution in [0.25, 0.3) is 11.4 Å². The van der Waals surface area contributed by atoms with Crippen molar-refractivity contribution in [2.24, 2.45) is 5.92 Å². The summed E-state index contributed by atoms with van der Waals surface area (Å²) in [4.78, 5) is 41.3. The van der Waals surface area contributed by atoms with Crippen molar-refractivity contribution in [2.75, 3.05) is 24.6 Å². The fraction of sp³-hybridized carbons (Fsp3) is 0.318. The van der Waals surface area contributed by atoms with E-state index in [1.807, 2.05) is 0 Å². The maximum atomic E-state index is 12.0. The molecule has 0 atom stereocenters. The number of aromatic hydroxyl groups is 1. The molecule has 0 unspecified atom stereocenters. The number of hydrogen-bond donors (Lipinski definition) is 1. The average Bonchev–Trinajstić information content (AvgIpc) is 2.85. The molecule has 3 aromatic rings. The van der Waals surface area contributed by atoms with Gasteiger partial charge in [0.2, 0.25) is 5.82 Å². The van der Waals surface area contributed by atoms with Crippen LogP contribution in [0.3, 0.4) is 0 Å². The maximum absolute atomic E-state index is 12.0.